The molecule has 0 saturated heterocycles. The van der Waals surface area contributed by atoms with E-state index in [4.69, 9.17) is 0 Å². The van der Waals surface area contributed by atoms with Crippen molar-refractivity contribution in [3.8, 4) is 0 Å². The number of hydrogen-bond acceptors (Lipinski definition) is 4. The van der Waals surface area contributed by atoms with E-state index in [2.05, 4.69) is 21.9 Å². The van der Waals surface area contributed by atoms with Crippen molar-refractivity contribution in [2.75, 3.05) is 18.6 Å². The van der Waals surface area contributed by atoms with Crippen molar-refractivity contribution < 1.29 is 0 Å². The van der Waals surface area contributed by atoms with Crippen LogP contribution in [0, 0.1) is 6.92 Å². The van der Waals surface area contributed by atoms with Crippen molar-refractivity contribution in [1.29, 1.82) is 0 Å². The summed E-state index contributed by atoms with van der Waals surface area (Å²) >= 11 is 3.70. The van der Waals surface area contributed by atoms with Gasteiger partial charge >= 0.3 is 0 Å². The number of nitrogens with zero attached hydrogens (tertiary/aromatic N) is 1. The number of aromatic nitrogens is 1. The Bertz CT molecular complexity index is 274. The van der Waals surface area contributed by atoms with Gasteiger partial charge in [-0.05, 0) is 38.3 Å². The summed E-state index contributed by atoms with van der Waals surface area (Å²) in [7, 11) is 0. The molecule has 4 heteroatoms. The van der Waals surface area contributed by atoms with Crippen molar-refractivity contribution in [2.24, 2.45) is 0 Å². The van der Waals surface area contributed by atoms with E-state index in [0.29, 0.717) is 0 Å². The van der Waals surface area contributed by atoms with E-state index in [9.17, 15) is 0 Å². The van der Waals surface area contributed by atoms with Gasteiger partial charge in [0, 0.05) is 17.6 Å². The first-order chi connectivity index (χ1) is 7.83. The highest BCUT2D eigenvalue weighted by Gasteiger charge is 1.97. The van der Waals surface area contributed by atoms with E-state index >= 15 is 0 Å². The third-order valence-corrected chi connectivity index (χ3v) is 4.06. The van der Waals surface area contributed by atoms with Crippen LogP contribution in [0.4, 0.5) is 0 Å². The van der Waals surface area contributed by atoms with Gasteiger partial charge in [0.25, 0.3) is 0 Å². The van der Waals surface area contributed by atoms with Crippen LogP contribution in [0.2, 0.25) is 0 Å². The molecule has 16 heavy (non-hydrogen) atoms. The summed E-state index contributed by atoms with van der Waals surface area (Å²) in [5.41, 5.74) is 1.14. The number of thiazole rings is 1. The minimum absolute atomic E-state index is 0.934. The maximum Gasteiger partial charge on any atom is 0.107 e. The molecule has 0 unspecified atom stereocenters. The highest BCUT2D eigenvalue weighted by Crippen LogP contribution is 2.08. The van der Waals surface area contributed by atoms with E-state index in [1.807, 2.05) is 18.7 Å². The lowest BCUT2D eigenvalue weighted by Crippen LogP contribution is -2.14. The van der Waals surface area contributed by atoms with Crippen molar-refractivity contribution in [3.63, 3.8) is 0 Å². The van der Waals surface area contributed by atoms with Gasteiger partial charge in [0.05, 0.1) is 0 Å². The van der Waals surface area contributed by atoms with Gasteiger partial charge in [-0.3, -0.25) is 0 Å². The first-order valence-corrected chi connectivity index (χ1v) is 8.21. The predicted molar refractivity (Wildman–Crippen MR) is 75.4 cm³/mol. The maximum absolute atomic E-state index is 4.42. The third-order valence-electron chi connectivity index (χ3n) is 2.39. The molecule has 0 aromatic carbocycles. The fourth-order valence-electron chi connectivity index (χ4n) is 1.53. The number of thioether (sulfide) groups is 1. The monoisotopic (exact) mass is 258 g/mol. The summed E-state index contributed by atoms with van der Waals surface area (Å²) in [5.74, 6) is 1.31. The van der Waals surface area contributed by atoms with Crippen molar-refractivity contribution in [2.45, 2.75) is 39.2 Å². The summed E-state index contributed by atoms with van der Waals surface area (Å²) in [6, 6.07) is 0. The lowest BCUT2D eigenvalue weighted by atomic mass is 10.2. The van der Waals surface area contributed by atoms with Crippen molar-refractivity contribution in [3.05, 3.63) is 16.1 Å². The lowest BCUT2D eigenvalue weighted by Gasteiger charge is -2.02. The molecule has 0 aliphatic carbocycles. The number of nitrogens with one attached hydrogen (secondary N) is 1. The second-order valence-corrected chi connectivity index (χ2v) is 5.89. The maximum atomic E-state index is 4.42. The van der Waals surface area contributed by atoms with Gasteiger partial charge < -0.3 is 5.32 Å². The van der Waals surface area contributed by atoms with Crippen LogP contribution in [-0.4, -0.2) is 23.5 Å². The molecule has 0 aliphatic rings. The second-order valence-electron chi connectivity index (χ2n) is 3.97. The van der Waals surface area contributed by atoms with Crippen LogP contribution in [-0.2, 0) is 6.54 Å². The quantitative estimate of drug-likeness (QED) is 0.687. The van der Waals surface area contributed by atoms with Gasteiger partial charge in [0.1, 0.15) is 5.01 Å². The molecule has 0 bridgehead atoms. The van der Waals surface area contributed by atoms with E-state index in [0.717, 1.165) is 18.8 Å². The molecule has 1 rings (SSSR count). The molecular formula is C12H22N2S2. The molecule has 1 aromatic rings. The van der Waals surface area contributed by atoms with Crippen LogP contribution in [0.15, 0.2) is 5.38 Å². The Morgan fingerprint density at radius 1 is 1.31 bits per heavy atom. The largest absolute Gasteiger partial charge is 0.310 e. The number of aryl methyl sites for hydroxylation is 1. The Morgan fingerprint density at radius 3 is 2.81 bits per heavy atom. The molecule has 1 heterocycles. The zero-order valence-corrected chi connectivity index (χ0v) is 11.9. The van der Waals surface area contributed by atoms with Gasteiger partial charge in [0.15, 0.2) is 0 Å². The van der Waals surface area contributed by atoms with Crippen LogP contribution in [0.3, 0.4) is 0 Å². The highest BCUT2D eigenvalue weighted by atomic mass is 32.2. The normalized spacial score (nSPS) is 10.9. The summed E-state index contributed by atoms with van der Waals surface area (Å²) < 4.78 is 0. The predicted octanol–water partition coefficient (Wildman–Crippen LogP) is 3.46. The highest BCUT2D eigenvalue weighted by molar-refractivity contribution is 7.98. The van der Waals surface area contributed by atoms with Crippen LogP contribution in [0.5, 0.6) is 0 Å². The fourth-order valence-corrected chi connectivity index (χ4v) is 2.76. The van der Waals surface area contributed by atoms with Gasteiger partial charge in [-0.1, -0.05) is 12.8 Å². The zero-order chi connectivity index (χ0) is 11.6. The van der Waals surface area contributed by atoms with Gasteiger partial charge in [0.2, 0.25) is 0 Å². The zero-order valence-electron chi connectivity index (χ0n) is 10.3. The number of hydrogen-bond donors (Lipinski definition) is 1. The Kier molecular flexibility index (Phi) is 7.89. The lowest BCUT2D eigenvalue weighted by molar-refractivity contribution is 0.598. The van der Waals surface area contributed by atoms with Crippen LogP contribution >= 0.6 is 23.1 Å². The summed E-state index contributed by atoms with van der Waals surface area (Å²) in [6.45, 7) is 4.10. The van der Waals surface area contributed by atoms with E-state index in [1.54, 1.807) is 11.3 Å². The summed E-state index contributed by atoms with van der Waals surface area (Å²) in [5, 5.41) is 6.77. The molecular weight excluding hydrogens is 236 g/mol. The molecule has 1 N–H and O–H groups in total. The SMILES string of the molecule is CSCCCCCCNCc1nc(C)cs1. The van der Waals surface area contributed by atoms with E-state index in [-0.39, 0.29) is 0 Å². The van der Waals surface area contributed by atoms with Crippen LogP contribution < -0.4 is 5.32 Å². The standard InChI is InChI=1S/C12H22N2S2/c1-11-10-16-12(14-11)9-13-7-5-3-4-6-8-15-2/h10,13H,3-9H2,1-2H3. The van der Waals surface area contributed by atoms with Crippen LogP contribution in [0.25, 0.3) is 0 Å². The molecule has 92 valence electrons. The van der Waals surface area contributed by atoms with Crippen LogP contribution in [0.1, 0.15) is 36.4 Å². The van der Waals surface area contributed by atoms with Crippen molar-refractivity contribution in [1.82, 2.24) is 10.3 Å². The summed E-state index contributed by atoms with van der Waals surface area (Å²) in [4.78, 5) is 4.42. The van der Waals surface area contributed by atoms with Gasteiger partial charge in [-0.15, -0.1) is 11.3 Å². The van der Waals surface area contributed by atoms with E-state index in [1.165, 1.54) is 36.4 Å². The number of unbranched alkanes of at least 4 members (excludes halogenated alkanes) is 3. The average Bonchev–Trinajstić information content (AvgIpc) is 2.68. The minimum atomic E-state index is 0.934. The summed E-state index contributed by atoms with van der Waals surface area (Å²) in [6.07, 6.45) is 7.56. The van der Waals surface area contributed by atoms with Gasteiger partial charge in [-0.25, -0.2) is 4.98 Å². The van der Waals surface area contributed by atoms with E-state index < -0.39 is 0 Å². The molecule has 0 fully saturated rings. The first-order valence-electron chi connectivity index (χ1n) is 5.93. The Balaban J connectivity index is 1.88. The Hall–Kier alpha value is -0.0600. The first kappa shape index (κ1) is 14.0. The van der Waals surface area contributed by atoms with Crippen molar-refractivity contribution >= 4 is 23.1 Å². The molecule has 2 nitrogen and oxygen atoms in total. The average molecular weight is 258 g/mol. The molecule has 0 aliphatic heterocycles. The fraction of sp³-hybridized carbons (Fsp3) is 0.750. The molecule has 0 atom stereocenters. The minimum Gasteiger partial charge on any atom is -0.310 e. The molecule has 0 radical (unpaired) electrons. The Morgan fingerprint density at radius 2 is 2.12 bits per heavy atom. The smallest absolute Gasteiger partial charge is 0.107 e. The second kappa shape index (κ2) is 9.02. The molecule has 0 amide bonds. The molecule has 1 aromatic heterocycles. The molecule has 0 saturated carbocycles. The van der Waals surface area contributed by atoms with Gasteiger partial charge in [-0.2, -0.15) is 11.8 Å². The molecule has 0 spiro atoms. The third kappa shape index (κ3) is 6.51. The number of rotatable bonds is 9. The topological polar surface area (TPSA) is 24.9 Å². The Labute approximate surface area is 107 Å².